The monoisotopic (exact) mass is 275 g/mol. The number of hydrogen-bond donors (Lipinski definition) is 1. The first-order chi connectivity index (χ1) is 10.3. The maximum Gasteiger partial charge on any atom is 0.122 e. The minimum Gasteiger partial charge on any atom is -0.488 e. The molecule has 0 radical (unpaired) electrons. The fourth-order valence-corrected chi connectivity index (χ4v) is 3.12. The summed E-state index contributed by atoms with van der Waals surface area (Å²) in [6.07, 6.45) is 0.896. The predicted octanol–water partition coefficient (Wildman–Crippen LogP) is 3.84. The van der Waals surface area contributed by atoms with E-state index in [9.17, 15) is 0 Å². The Kier molecular flexibility index (Phi) is 2.90. The van der Waals surface area contributed by atoms with Crippen LogP contribution in [-0.2, 0) is 6.42 Å². The second kappa shape index (κ2) is 4.90. The minimum atomic E-state index is -0.0485. The molecule has 0 aromatic heterocycles. The van der Waals surface area contributed by atoms with Crippen molar-refractivity contribution in [1.29, 1.82) is 0 Å². The molecule has 3 aromatic rings. The Hall–Kier alpha value is -2.32. The maximum atomic E-state index is 6.33. The highest BCUT2D eigenvalue weighted by Gasteiger charge is 2.30. The number of hydrogen-bond acceptors (Lipinski definition) is 2. The molecule has 2 nitrogen and oxygen atoms in total. The lowest BCUT2D eigenvalue weighted by molar-refractivity contribution is 0.185. The largest absolute Gasteiger partial charge is 0.488 e. The van der Waals surface area contributed by atoms with Gasteiger partial charge >= 0.3 is 0 Å². The van der Waals surface area contributed by atoms with E-state index in [1.807, 2.05) is 24.3 Å². The standard InChI is InChI=1S/C19H17NO/c20-19-17-8-4-3-7-15(17)12-18(19)21-16-10-9-13-5-1-2-6-14(13)11-16/h1-11,18-19H,12,20H2. The lowest BCUT2D eigenvalue weighted by atomic mass is 10.1. The van der Waals surface area contributed by atoms with Gasteiger partial charge in [0.05, 0.1) is 6.04 Å². The Labute approximate surface area is 124 Å². The average molecular weight is 275 g/mol. The summed E-state index contributed by atoms with van der Waals surface area (Å²) >= 11 is 0. The zero-order valence-electron chi connectivity index (χ0n) is 11.7. The van der Waals surface area contributed by atoms with E-state index < -0.39 is 0 Å². The highest BCUT2D eigenvalue weighted by atomic mass is 16.5. The fraction of sp³-hybridized carbons (Fsp3) is 0.158. The van der Waals surface area contributed by atoms with Gasteiger partial charge in [-0.05, 0) is 34.0 Å². The minimum absolute atomic E-state index is 0.0172. The Balaban J connectivity index is 1.61. The average Bonchev–Trinajstić information content (AvgIpc) is 2.84. The van der Waals surface area contributed by atoms with E-state index in [0.29, 0.717) is 0 Å². The second-order valence-electron chi connectivity index (χ2n) is 5.59. The second-order valence-corrected chi connectivity index (χ2v) is 5.59. The van der Waals surface area contributed by atoms with Crippen LogP contribution >= 0.6 is 0 Å². The first-order valence-corrected chi connectivity index (χ1v) is 7.30. The molecular formula is C19H17NO. The van der Waals surface area contributed by atoms with Crippen LogP contribution in [0.2, 0.25) is 0 Å². The molecular weight excluding hydrogens is 258 g/mol. The van der Waals surface area contributed by atoms with Crippen LogP contribution in [0.3, 0.4) is 0 Å². The normalized spacial score (nSPS) is 20.4. The van der Waals surface area contributed by atoms with Crippen molar-refractivity contribution in [2.24, 2.45) is 5.73 Å². The van der Waals surface area contributed by atoms with Crippen molar-refractivity contribution in [1.82, 2.24) is 0 Å². The molecule has 0 amide bonds. The van der Waals surface area contributed by atoms with Crippen molar-refractivity contribution in [3.63, 3.8) is 0 Å². The van der Waals surface area contributed by atoms with E-state index in [0.717, 1.165) is 12.2 Å². The molecule has 0 fully saturated rings. The predicted molar refractivity (Wildman–Crippen MR) is 85.4 cm³/mol. The van der Waals surface area contributed by atoms with Crippen LogP contribution < -0.4 is 10.5 Å². The van der Waals surface area contributed by atoms with Gasteiger partial charge in [-0.25, -0.2) is 0 Å². The van der Waals surface area contributed by atoms with E-state index in [1.165, 1.54) is 21.9 Å². The molecule has 2 heteroatoms. The molecule has 2 unspecified atom stereocenters. The van der Waals surface area contributed by atoms with Gasteiger partial charge in [-0.2, -0.15) is 0 Å². The quantitative estimate of drug-likeness (QED) is 0.771. The third-order valence-electron chi connectivity index (χ3n) is 4.24. The summed E-state index contributed by atoms with van der Waals surface area (Å²) in [5.41, 5.74) is 8.84. The Morgan fingerprint density at radius 2 is 1.62 bits per heavy atom. The van der Waals surface area contributed by atoms with Crippen LogP contribution in [0.15, 0.2) is 66.7 Å². The summed E-state index contributed by atoms with van der Waals surface area (Å²) in [6.45, 7) is 0. The molecule has 2 atom stereocenters. The zero-order chi connectivity index (χ0) is 14.2. The summed E-state index contributed by atoms with van der Waals surface area (Å²) in [6, 6.07) is 22.8. The molecule has 2 N–H and O–H groups in total. The lowest BCUT2D eigenvalue weighted by Crippen LogP contribution is -2.27. The molecule has 21 heavy (non-hydrogen) atoms. The Morgan fingerprint density at radius 3 is 2.48 bits per heavy atom. The van der Waals surface area contributed by atoms with Gasteiger partial charge in [-0.1, -0.05) is 54.6 Å². The highest BCUT2D eigenvalue weighted by molar-refractivity contribution is 5.83. The van der Waals surface area contributed by atoms with E-state index >= 15 is 0 Å². The molecule has 1 aliphatic carbocycles. The zero-order valence-corrected chi connectivity index (χ0v) is 11.7. The molecule has 4 rings (SSSR count). The van der Waals surface area contributed by atoms with Gasteiger partial charge in [0, 0.05) is 6.42 Å². The molecule has 1 aliphatic rings. The van der Waals surface area contributed by atoms with Crippen molar-refractivity contribution in [3.05, 3.63) is 77.9 Å². The van der Waals surface area contributed by atoms with Crippen LogP contribution in [0.25, 0.3) is 10.8 Å². The Bertz CT molecular complexity index is 796. The van der Waals surface area contributed by atoms with Crippen molar-refractivity contribution >= 4 is 10.8 Å². The van der Waals surface area contributed by atoms with E-state index in [2.05, 4.69) is 42.5 Å². The van der Waals surface area contributed by atoms with Crippen LogP contribution in [-0.4, -0.2) is 6.10 Å². The fourth-order valence-electron chi connectivity index (χ4n) is 3.12. The smallest absolute Gasteiger partial charge is 0.122 e. The van der Waals surface area contributed by atoms with Crippen molar-refractivity contribution in [2.45, 2.75) is 18.6 Å². The van der Waals surface area contributed by atoms with Gasteiger partial charge in [-0.15, -0.1) is 0 Å². The summed E-state index contributed by atoms with van der Waals surface area (Å²) < 4.78 is 6.15. The third-order valence-corrected chi connectivity index (χ3v) is 4.24. The van der Waals surface area contributed by atoms with Crippen LogP contribution in [0.4, 0.5) is 0 Å². The van der Waals surface area contributed by atoms with Crippen molar-refractivity contribution < 1.29 is 4.74 Å². The highest BCUT2D eigenvalue weighted by Crippen LogP contribution is 2.33. The van der Waals surface area contributed by atoms with Gasteiger partial charge in [0.1, 0.15) is 11.9 Å². The summed E-state index contributed by atoms with van der Waals surface area (Å²) in [5.74, 6) is 0.891. The van der Waals surface area contributed by atoms with E-state index in [-0.39, 0.29) is 12.1 Å². The molecule has 0 aliphatic heterocycles. The lowest BCUT2D eigenvalue weighted by Gasteiger charge is -2.18. The summed E-state index contributed by atoms with van der Waals surface area (Å²) in [7, 11) is 0. The van der Waals surface area contributed by atoms with Crippen LogP contribution in [0.5, 0.6) is 5.75 Å². The molecule has 3 aromatic carbocycles. The number of ether oxygens (including phenoxy) is 1. The number of benzene rings is 3. The molecule has 0 saturated heterocycles. The maximum absolute atomic E-state index is 6.33. The number of nitrogens with two attached hydrogens (primary N) is 1. The van der Waals surface area contributed by atoms with Crippen molar-refractivity contribution in [2.75, 3.05) is 0 Å². The Morgan fingerprint density at radius 1 is 0.857 bits per heavy atom. The molecule has 0 bridgehead atoms. The number of rotatable bonds is 2. The molecule has 0 spiro atoms. The third kappa shape index (κ3) is 2.18. The van der Waals surface area contributed by atoms with Gasteiger partial charge in [0.2, 0.25) is 0 Å². The first kappa shape index (κ1) is 12.4. The van der Waals surface area contributed by atoms with Gasteiger partial charge in [0.15, 0.2) is 0 Å². The van der Waals surface area contributed by atoms with E-state index in [1.54, 1.807) is 0 Å². The molecule has 0 saturated carbocycles. The van der Waals surface area contributed by atoms with Gasteiger partial charge in [-0.3, -0.25) is 0 Å². The SMILES string of the molecule is NC1c2ccccc2CC1Oc1ccc2ccccc2c1. The van der Waals surface area contributed by atoms with Gasteiger partial charge < -0.3 is 10.5 Å². The van der Waals surface area contributed by atoms with E-state index in [4.69, 9.17) is 10.5 Å². The summed E-state index contributed by atoms with van der Waals surface area (Å²) in [4.78, 5) is 0. The molecule has 104 valence electrons. The van der Waals surface area contributed by atoms with Crippen LogP contribution in [0.1, 0.15) is 17.2 Å². The van der Waals surface area contributed by atoms with Crippen LogP contribution in [0, 0.1) is 0 Å². The first-order valence-electron chi connectivity index (χ1n) is 7.30. The number of fused-ring (bicyclic) bond motifs is 2. The molecule has 0 heterocycles. The van der Waals surface area contributed by atoms with Crippen molar-refractivity contribution in [3.8, 4) is 5.75 Å². The topological polar surface area (TPSA) is 35.2 Å². The van der Waals surface area contributed by atoms with Gasteiger partial charge in [0.25, 0.3) is 0 Å². The summed E-state index contributed by atoms with van der Waals surface area (Å²) in [5, 5.41) is 2.42.